The SMILES string of the molecule is CC1(C)/C(=N/OCCN2CCCC2)c2cc(OC3CCC(N)CC3)ccc2-c2ncnc(N)c21. The molecule has 0 bridgehead atoms. The lowest BCUT2D eigenvalue weighted by molar-refractivity contribution is 0.117. The minimum absolute atomic E-state index is 0.191. The average molecular weight is 465 g/mol. The van der Waals surface area contributed by atoms with Gasteiger partial charge in [0.2, 0.25) is 0 Å². The molecule has 1 aliphatic heterocycles. The smallest absolute Gasteiger partial charge is 0.131 e. The Labute approximate surface area is 201 Å². The van der Waals surface area contributed by atoms with Crippen LogP contribution < -0.4 is 16.2 Å². The molecule has 34 heavy (non-hydrogen) atoms. The number of nitrogen functional groups attached to an aromatic ring is 1. The molecule has 3 aliphatic rings. The molecule has 182 valence electrons. The van der Waals surface area contributed by atoms with E-state index < -0.39 is 5.41 Å². The molecule has 0 spiro atoms. The molecule has 2 heterocycles. The number of hydrogen-bond acceptors (Lipinski definition) is 8. The number of aromatic nitrogens is 2. The third-order valence-electron chi connectivity index (χ3n) is 7.47. The molecule has 0 amide bonds. The molecule has 1 saturated heterocycles. The summed E-state index contributed by atoms with van der Waals surface area (Å²) >= 11 is 0. The second kappa shape index (κ2) is 9.50. The Bertz CT molecular complexity index is 1060. The zero-order chi connectivity index (χ0) is 23.7. The van der Waals surface area contributed by atoms with Gasteiger partial charge in [0.15, 0.2) is 0 Å². The lowest BCUT2D eigenvalue weighted by Crippen LogP contribution is -2.36. The van der Waals surface area contributed by atoms with Crippen LogP contribution in [0.3, 0.4) is 0 Å². The molecular weight excluding hydrogens is 428 g/mol. The molecule has 5 rings (SSSR count). The van der Waals surface area contributed by atoms with Crippen molar-refractivity contribution in [3.63, 3.8) is 0 Å². The minimum Gasteiger partial charge on any atom is -0.490 e. The van der Waals surface area contributed by atoms with Gasteiger partial charge in [-0.15, -0.1) is 0 Å². The highest BCUT2D eigenvalue weighted by molar-refractivity contribution is 6.15. The molecule has 2 aromatic rings. The largest absolute Gasteiger partial charge is 0.490 e. The maximum Gasteiger partial charge on any atom is 0.131 e. The summed E-state index contributed by atoms with van der Waals surface area (Å²) in [5, 5.41) is 4.68. The number of nitrogens with zero attached hydrogens (tertiary/aromatic N) is 4. The molecule has 0 unspecified atom stereocenters. The quantitative estimate of drug-likeness (QED) is 0.497. The van der Waals surface area contributed by atoms with E-state index in [0.717, 1.165) is 79.2 Å². The van der Waals surface area contributed by atoms with E-state index in [0.29, 0.717) is 18.5 Å². The van der Waals surface area contributed by atoms with Crippen molar-refractivity contribution in [1.29, 1.82) is 0 Å². The average Bonchev–Trinajstić information content (AvgIpc) is 3.33. The fourth-order valence-electron chi connectivity index (χ4n) is 5.52. The van der Waals surface area contributed by atoms with Crippen molar-refractivity contribution >= 4 is 11.5 Å². The Morgan fingerprint density at radius 3 is 2.62 bits per heavy atom. The summed E-state index contributed by atoms with van der Waals surface area (Å²) < 4.78 is 6.38. The van der Waals surface area contributed by atoms with E-state index >= 15 is 0 Å². The number of nitrogens with two attached hydrogens (primary N) is 2. The van der Waals surface area contributed by atoms with E-state index in [9.17, 15) is 0 Å². The van der Waals surface area contributed by atoms with E-state index in [1.807, 2.05) is 6.07 Å². The van der Waals surface area contributed by atoms with Crippen LogP contribution in [0, 0.1) is 0 Å². The van der Waals surface area contributed by atoms with Crippen LogP contribution in [0.1, 0.15) is 63.5 Å². The number of oxime groups is 1. The van der Waals surface area contributed by atoms with Crippen molar-refractivity contribution in [1.82, 2.24) is 14.9 Å². The lowest BCUT2D eigenvalue weighted by atomic mass is 9.70. The first-order valence-corrected chi connectivity index (χ1v) is 12.5. The van der Waals surface area contributed by atoms with Gasteiger partial charge in [0, 0.05) is 34.7 Å². The zero-order valence-corrected chi connectivity index (χ0v) is 20.3. The van der Waals surface area contributed by atoms with Crippen LogP contribution >= 0.6 is 0 Å². The van der Waals surface area contributed by atoms with Gasteiger partial charge in [-0.3, -0.25) is 4.90 Å². The molecule has 2 aliphatic carbocycles. The van der Waals surface area contributed by atoms with E-state index in [4.69, 9.17) is 21.0 Å². The maximum atomic E-state index is 6.38. The fourth-order valence-corrected chi connectivity index (χ4v) is 5.52. The van der Waals surface area contributed by atoms with E-state index in [1.165, 1.54) is 19.2 Å². The maximum absolute atomic E-state index is 6.38. The Hall–Kier alpha value is -2.71. The van der Waals surface area contributed by atoms with E-state index in [2.05, 4.69) is 46.0 Å². The fraction of sp³-hybridized carbons (Fsp3) is 0.577. The Kier molecular flexibility index (Phi) is 6.44. The van der Waals surface area contributed by atoms with Gasteiger partial charge in [-0.05, 0) is 83.7 Å². The Morgan fingerprint density at radius 1 is 1.09 bits per heavy atom. The summed E-state index contributed by atoms with van der Waals surface area (Å²) in [6.07, 6.45) is 8.22. The molecule has 4 N–H and O–H groups in total. The van der Waals surface area contributed by atoms with E-state index in [-0.39, 0.29) is 6.10 Å². The van der Waals surface area contributed by atoms with Crippen molar-refractivity contribution in [3.8, 4) is 17.0 Å². The topological polar surface area (TPSA) is 112 Å². The minimum atomic E-state index is -0.516. The van der Waals surface area contributed by atoms with Crippen LogP contribution in [0.2, 0.25) is 0 Å². The highest BCUT2D eigenvalue weighted by atomic mass is 16.6. The number of fused-ring (bicyclic) bond motifs is 3. The third-order valence-corrected chi connectivity index (χ3v) is 7.47. The number of anilines is 1. The van der Waals surface area contributed by atoms with Crippen LogP contribution in [0.4, 0.5) is 5.82 Å². The highest BCUT2D eigenvalue weighted by Gasteiger charge is 2.41. The van der Waals surface area contributed by atoms with Gasteiger partial charge in [0.25, 0.3) is 0 Å². The normalized spacial score (nSPS) is 25.1. The van der Waals surface area contributed by atoms with Gasteiger partial charge >= 0.3 is 0 Å². The van der Waals surface area contributed by atoms with Gasteiger partial charge < -0.3 is 21.0 Å². The second-order valence-electron chi connectivity index (χ2n) is 10.3. The first kappa shape index (κ1) is 23.1. The van der Waals surface area contributed by atoms with Gasteiger partial charge in [-0.1, -0.05) is 5.16 Å². The van der Waals surface area contributed by atoms with Crippen LogP contribution in [0.15, 0.2) is 29.7 Å². The van der Waals surface area contributed by atoms with Crippen molar-refractivity contribution in [2.24, 2.45) is 10.9 Å². The predicted octanol–water partition coefficient (Wildman–Crippen LogP) is 3.48. The Morgan fingerprint density at radius 2 is 1.85 bits per heavy atom. The number of ether oxygens (including phenoxy) is 1. The predicted molar refractivity (Wildman–Crippen MR) is 134 cm³/mol. The monoisotopic (exact) mass is 464 g/mol. The number of benzene rings is 1. The summed E-state index contributed by atoms with van der Waals surface area (Å²) in [7, 11) is 0. The van der Waals surface area contributed by atoms with Crippen LogP contribution in [0.25, 0.3) is 11.3 Å². The number of rotatable bonds is 6. The van der Waals surface area contributed by atoms with Crippen molar-refractivity contribution in [2.45, 2.75) is 69.9 Å². The molecule has 1 saturated carbocycles. The van der Waals surface area contributed by atoms with Crippen LogP contribution in [-0.4, -0.2) is 59.0 Å². The zero-order valence-electron chi connectivity index (χ0n) is 20.3. The second-order valence-corrected chi connectivity index (χ2v) is 10.3. The van der Waals surface area contributed by atoms with Gasteiger partial charge in [-0.25, -0.2) is 9.97 Å². The summed E-state index contributed by atoms with van der Waals surface area (Å²) in [4.78, 5) is 17.2. The van der Waals surface area contributed by atoms with Crippen LogP contribution in [0.5, 0.6) is 5.75 Å². The lowest BCUT2D eigenvalue weighted by Gasteiger charge is -2.35. The van der Waals surface area contributed by atoms with Gasteiger partial charge in [0.05, 0.1) is 17.5 Å². The third kappa shape index (κ3) is 4.49. The highest BCUT2D eigenvalue weighted by Crippen LogP contribution is 2.45. The summed E-state index contributed by atoms with van der Waals surface area (Å²) in [6.45, 7) is 7.94. The summed E-state index contributed by atoms with van der Waals surface area (Å²) in [5.74, 6) is 1.31. The standard InChI is InChI=1S/C26H36N6O2/c1-26(2)22-23(29-16-30-25(22)28)20-10-9-19(34-18-7-5-17(27)6-8-18)15-21(20)24(26)31-33-14-13-32-11-3-4-12-32/h9-10,15-18H,3-8,11-14,27H2,1-2H3,(H2,28,29,30)/b31-24+. The number of hydrogen-bond donors (Lipinski definition) is 2. The molecule has 2 fully saturated rings. The van der Waals surface area contributed by atoms with Crippen LogP contribution in [-0.2, 0) is 10.3 Å². The molecule has 0 radical (unpaired) electrons. The molecular formula is C26H36N6O2. The molecule has 1 aromatic carbocycles. The summed E-state index contributed by atoms with van der Waals surface area (Å²) in [6, 6.07) is 6.44. The number of likely N-dealkylation sites (tertiary alicyclic amines) is 1. The van der Waals surface area contributed by atoms with Crippen molar-refractivity contribution in [3.05, 3.63) is 35.7 Å². The first-order chi connectivity index (χ1) is 16.4. The molecule has 1 aromatic heterocycles. The van der Waals surface area contributed by atoms with Gasteiger partial charge in [0.1, 0.15) is 24.5 Å². The van der Waals surface area contributed by atoms with E-state index in [1.54, 1.807) is 0 Å². The first-order valence-electron chi connectivity index (χ1n) is 12.5. The molecule has 8 nitrogen and oxygen atoms in total. The molecule has 0 atom stereocenters. The van der Waals surface area contributed by atoms with Crippen molar-refractivity contribution in [2.75, 3.05) is 32.0 Å². The summed E-state index contributed by atoms with van der Waals surface area (Å²) in [5.41, 5.74) is 16.4. The van der Waals surface area contributed by atoms with Crippen molar-refractivity contribution < 1.29 is 9.57 Å². The van der Waals surface area contributed by atoms with Gasteiger partial charge in [-0.2, -0.15) is 0 Å². The Balaban J connectivity index is 1.46. The molecule has 8 heteroatoms.